The molecule has 3 aromatic rings. The van der Waals surface area contributed by atoms with Crippen LogP contribution in [-0.2, 0) is 9.47 Å². The lowest BCUT2D eigenvalue weighted by atomic mass is 9.76. The summed E-state index contributed by atoms with van der Waals surface area (Å²) >= 11 is 0. The van der Waals surface area contributed by atoms with Crippen molar-refractivity contribution in [1.29, 1.82) is 0 Å². The maximum absolute atomic E-state index is 14.3. The van der Waals surface area contributed by atoms with Crippen LogP contribution in [0.15, 0.2) is 35.1 Å². The maximum Gasteiger partial charge on any atom is 0.417 e. The van der Waals surface area contributed by atoms with Gasteiger partial charge in [-0.2, -0.15) is 13.2 Å². The van der Waals surface area contributed by atoms with Crippen LogP contribution in [0.3, 0.4) is 0 Å². The summed E-state index contributed by atoms with van der Waals surface area (Å²) < 4.78 is 99.7. The second-order valence-electron chi connectivity index (χ2n) is 9.02. The Hall–Kier alpha value is -3.61. The molecule has 204 valence electrons. The number of pyridine rings is 2. The summed E-state index contributed by atoms with van der Waals surface area (Å²) in [6.07, 6.45) is -9.73. The fourth-order valence-electron chi connectivity index (χ4n) is 4.87. The van der Waals surface area contributed by atoms with Crippen LogP contribution in [0, 0.1) is 11.7 Å². The van der Waals surface area contributed by atoms with E-state index in [2.05, 4.69) is 14.7 Å². The van der Waals surface area contributed by atoms with Gasteiger partial charge in [-0.15, -0.1) is 0 Å². The van der Waals surface area contributed by atoms with Gasteiger partial charge in [-0.3, -0.25) is 4.79 Å². The standard InChI is InChI=1S/C25H22F6N2O5/c1-10-17(11-5-6-12(26)18(22(27)28)20(11)36-3)21(38-24(10,2)25(29,30)31)15-9-16(34)19-13(32-15)7-8-14(33-19)23(35)37-4/h5-10,17,21-22H,1-4H3,(H,32,34)/t10-,17-,21-,24+/m0/s1. The van der Waals surface area contributed by atoms with Gasteiger partial charge in [0, 0.05) is 29.2 Å². The number of nitrogens with one attached hydrogen (secondary N) is 1. The summed E-state index contributed by atoms with van der Waals surface area (Å²) in [4.78, 5) is 31.5. The second-order valence-corrected chi connectivity index (χ2v) is 9.02. The molecule has 0 aliphatic carbocycles. The highest BCUT2D eigenvalue weighted by Crippen LogP contribution is 2.59. The maximum atomic E-state index is 14.3. The van der Waals surface area contributed by atoms with Crippen molar-refractivity contribution in [3.63, 3.8) is 0 Å². The molecule has 0 saturated carbocycles. The van der Waals surface area contributed by atoms with Crippen LogP contribution in [0.2, 0.25) is 0 Å². The van der Waals surface area contributed by atoms with E-state index in [9.17, 15) is 35.9 Å². The van der Waals surface area contributed by atoms with Gasteiger partial charge in [0.1, 0.15) is 28.9 Å². The van der Waals surface area contributed by atoms with Gasteiger partial charge in [0.15, 0.2) is 5.60 Å². The average Bonchev–Trinajstić information content (AvgIpc) is 3.14. The SMILES string of the molecule is COC(=O)c1ccc2[nH]c([C@@H]3O[C@@](C)(C(F)(F)F)[C@@H](C)[C@H]3c3ccc(F)c(C(F)F)c3OC)cc(=O)c2n1. The molecule has 1 aliphatic rings. The molecule has 0 bridgehead atoms. The van der Waals surface area contributed by atoms with Crippen LogP contribution < -0.4 is 10.2 Å². The molecule has 0 spiro atoms. The first-order valence-corrected chi connectivity index (χ1v) is 11.3. The molecule has 1 aromatic carbocycles. The summed E-state index contributed by atoms with van der Waals surface area (Å²) in [5, 5.41) is 0. The molecular formula is C25H22F6N2O5. The minimum absolute atomic E-state index is 0.0788. The number of fused-ring (bicyclic) bond motifs is 1. The summed E-state index contributed by atoms with van der Waals surface area (Å²) in [6.45, 7) is 2.05. The minimum Gasteiger partial charge on any atom is -0.496 e. The third-order valence-corrected chi connectivity index (χ3v) is 7.02. The number of alkyl halides is 5. The van der Waals surface area contributed by atoms with Crippen LogP contribution in [-0.4, -0.2) is 41.9 Å². The highest BCUT2D eigenvalue weighted by atomic mass is 19.4. The molecule has 0 unspecified atom stereocenters. The molecule has 3 heterocycles. The van der Waals surface area contributed by atoms with Gasteiger partial charge >= 0.3 is 12.1 Å². The number of ether oxygens (including phenoxy) is 3. The number of nitrogens with zero attached hydrogens (tertiary/aromatic N) is 1. The monoisotopic (exact) mass is 544 g/mol. The number of aromatic nitrogens is 2. The Balaban J connectivity index is 1.95. The topological polar surface area (TPSA) is 90.5 Å². The summed E-state index contributed by atoms with van der Waals surface area (Å²) in [5.74, 6) is -5.39. The van der Waals surface area contributed by atoms with Crippen molar-refractivity contribution in [1.82, 2.24) is 9.97 Å². The molecule has 2 aromatic heterocycles. The second kappa shape index (κ2) is 9.61. The van der Waals surface area contributed by atoms with E-state index in [0.29, 0.717) is 0 Å². The highest BCUT2D eigenvalue weighted by Gasteiger charge is 2.65. The normalized spacial score (nSPS) is 23.7. The zero-order valence-electron chi connectivity index (χ0n) is 20.5. The molecule has 1 fully saturated rings. The number of methoxy groups -OCH3 is 2. The smallest absolute Gasteiger partial charge is 0.417 e. The van der Waals surface area contributed by atoms with E-state index in [1.165, 1.54) is 19.1 Å². The van der Waals surface area contributed by atoms with Crippen LogP contribution in [0.4, 0.5) is 26.3 Å². The number of aromatic amines is 1. The van der Waals surface area contributed by atoms with E-state index < -0.39 is 64.7 Å². The molecule has 1 saturated heterocycles. The molecule has 1 aliphatic heterocycles. The van der Waals surface area contributed by atoms with E-state index in [1.54, 1.807) is 0 Å². The third kappa shape index (κ3) is 4.28. The van der Waals surface area contributed by atoms with E-state index >= 15 is 0 Å². The average molecular weight is 544 g/mol. The summed E-state index contributed by atoms with van der Waals surface area (Å²) in [6, 6.07) is 5.34. The van der Waals surface area contributed by atoms with Gasteiger partial charge in [-0.25, -0.2) is 22.9 Å². The molecule has 0 amide bonds. The van der Waals surface area contributed by atoms with Crippen molar-refractivity contribution in [3.05, 3.63) is 68.9 Å². The van der Waals surface area contributed by atoms with Crippen LogP contribution in [0.25, 0.3) is 11.0 Å². The molecule has 4 rings (SSSR count). The fraction of sp³-hybridized carbons (Fsp3) is 0.400. The molecule has 13 heteroatoms. The summed E-state index contributed by atoms with van der Waals surface area (Å²) in [7, 11) is 2.13. The zero-order valence-corrected chi connectivity index (χ0v) is 20.5. The van der Waals surface area contributed by atoms with Gasteiger partial charge in [0.05, 0.1) is 25.3 Å². The lowest BCUT2D eigenvalue weighted by molar-refractivity contribution is -0.275. The number of esters is 1. The largest absolute Gasteiger partial charge is 0.496 e. The first kappa shape index (κ1) is 27.4. The van der Waals surface area contributed by atoms with Crippen molar-refractivity contribution in [3.8, 4) is 5.75 Å². The van der Waals surface area contributed by atoms with E-state index in [-0.39, 0.29) is 28.0 Å². The van der Waals surface area contributed by atoms with Gasteiger partial charge in [-0.1, -0.05) is 13.0 Å². The lowest BCUT2D eigenvalue weighted by Gasteiger charge is -2.32. The van der Waals surface area contributed by atoms with E-state index in [4.69, 9.17) is 9.47 Å². The molecule has 7 nitrogen and oxygen atoms in total. The number of benzene rings is 1. The Labute approximate surface area is 211 Å². The van der Waals surface area contributed by atoms with Gasteiger partial charge in [0.25, 0.3) is 6.43 Å². The van der Waals surface area contributed by atoms with Crippen molar-refractivity contribution in [2.75, 3.05) is 14.2 Å². The Bertz CT molecular complexity index is 1460. The molecule has 0 radical (unpaired) electrons. The zero-order chi connectivity index (χ0) is 28.2. The van der Waals surface area contributed by atoms with Crippen molar-refractivity contribution in [2.24, 2.45) is 5.92 Å². The van der Waals surface area contributed by atoms with Crippen molar-refractivity contribution >= 4 is 17.0 Å². The van der Waals surface area contributed by atoms with E-state index in [1.807, 2.05) is 0 Å². The van der Waals surface area contributed by atoms with Crippen molar-refractivity contribution < 1.29 is 45.3 Å². The summed E-state index contributed by atoms with van der Waals surface area (Å²) in [5.41, 5.74) is -5.13. The number of rotatable bonds is 5. The van der Waals surface area contributed by atoms with Crippen LogP contribution in [0.5, 0.6) is 5.75 Å². The number of halogens is 6. The Morgan fingerprint density at radius 1 is 1.18 bits per heavy atom. The molecule has 1 N–H and O–H groups in total. The lowest BCUT2D eigenvalue weighted by Crippen LogP contribution is -2.46. The van der Waals surface area contributed by atoms with Gasteiger partial charge in [0.2, 0.25) is 5.43 Å². The number of hydrogen-bond acceptors (Lipinski definition) is 6. The van der Waals surface area contributed by atoms with E-state index in [0.717, 1.165) is 39.3 Å². The van der Waals surface area contributed by atoms with Gasteiger partial charge < -0.3 is 19.2 Å². The molecular weight excluding hydrogens is 522 g/mol. The Kier molecular flexibility index (Phi) is 6.93. The highest BCUT2D eigenvalue weighted by molar-refractivity contribution is 5.90. The quantitative estimate of drug-likeness (QED) is 0.332. The predicted octanol–water partition coefficient (Wildman–Crippen LogP) is 5.61. The fourth-order valence-corrected chi connectivity index (χ4v) is 4.87. The predicted molar refractivity (Wildman–Crippen MR) is 122 cm³/mol. The first-order chi connectivity index (χ1) is 17.7. The van der Waals surface area contributed by atoms with Crippen LogP contribution in [0.1, 0.15) is 59.6 Å². The van der Waals surface area contributed by atoms with Crippen molar-refractivity contribution in [2.45, 2.75) is 44.1 Å². The van der Waals surface area contributed by atoms with Crippen LogP contribution >= 0.6 is 0 Å². The number of hydrogen-bond donors (Lipinski definition) is 1. The molecule has 38 heavy (non-hydrogen) atoms. The molecule has 4 atom stereocenters. The Morgan fingerprint density at radius 2 is 1.87 bits per heavy atom. The third-order valence-electron chi connectivity index (χ3n) is 7.02. The Morgan fingerprint density at radius 3 is 2.45 bits per heavy atom. The van der Waals surface area contributed by atoms with Gasteiger partial charge in [-0.05, 0) is 25.1 Å². The number of H-pyrrole nitrogens is 1. The first-order valence-electron chi connectivity index (χ1n) is 11.3. The minimum atomic E-state index is -4.90. The number of carbonyl (C=O) groups excluding carboxylic acids is 1. The number of carbonyl (C=O) groups is 1.